The maximum Gasteiger partial charge on any atom is 0.191 e. The molecule has 1 aromatic rings. The van der Waals surface area contributed by atoms with E-state index in [2.05, 4.69) is 55.5 Å². The molecular formula is C16H27N3O. The van der Waals surface area contributed by atoms with E-state index in [1.165, 1.54) is 0 Å². The van der Waals surface area contributed by atoms with Crippen LogP contribution in [0.15, 0.2) is 29.3 Å². The van der Waals surface area contributed by atoms with Gasteiger partial charge >= 0.3 is 0 Å². The molecule has 0 saturated carbocycles. The van der Waals surface area contributed by atoms with Crippen molar-refractivity contribution in [2.24, 2.45) is 10.9 Å². The van der Waals surface area contributed by atoms with Gasteiger partial charge in [-0.1, -0.05) is 26.0 Å². The first kappa shape index (κ1) is 16.3. The summed E-state index contributed by atoms with van der Waals surface area (Å²) in [7, 11) is 0. The number of nitrogens with zero attached hydrogens (tertiary/aromatic N) is 1. The number of benzene rings is 1. The first-order valence-corrected chi connectivity index (χ1v) is 7.39. The van der Waals surface area contributed by atoms with E-state index in [4.69, 9.17) is 4.74 Å². The van der Waals surface area contributed by atoms with Gasteiger partial charge in [0.2, 0.25) is 0 Å². The lowest BCUT2D eigenvalue weighted by Crippen LogP contribution is -2.36. The maximum atomic E-state index is 5.73. The van der Waals surface area contributed by atoms with Gasteiger partial charge in [0.05, 0.1) is 13.2 Å². The van der Waals surface area contributed by atoms with Gasteiger partial charge in [0, 0.05) is 13.1 Å². The number of nitrogens with one attached hydrogen (secondary N) is 2. The summed E-state index contributed by atoms with van der Waals surface area (Å²) in [6.45, 7) is 11.5. The van der Waals surface area contributed by atoms with Gasteiger partial charge in [-0.25, -0.2) is 4.99 Å². The van der Waals surface area contributed by atoms with Crippen molar-refractivity contribution in [2.45, 2.75) is 34.2 Å². The molecule has 4 heteroatoms. The van der Waals surface area contributed by atoms with Crippen LogP contribution in [-0.4, -0.2) is 25.7 Å². The van der Waals surface area contributed by atoms with E-state index in [1.54, 1.807) is 0 Å². The van der Waals surface area contributed by atoms with Gasteiger partial charge in [-0.3, -0.25) is 0 Å². The molecule has 0 atom stereocenters. The average Bonchev–Trinajstić information content (AvgIpc) is 2.43. The summed E-state index contributed by atoms with van der Waals surface area (Å²) in [5.74, 6) is 2.30. The Kier molecular flexibility index (Phi) is 7.55. The molecule has 4 nitrogen and oxygen atoms in total. The van der Waals surface area contributed by atoms with Gasteiger partial charge in [0.25, 0.3) is 0 Å². The molecule has 1 rings (SSSR count). The van der Waals surface area contributed by atoms with E-state index in [0.29, 0.717) is 12.5 Å². The molecule has 0 saturated heterocycles. The second kappa shape index (κ2) is 9.23. The molecule has 112 valence electrons. The summed E-state index contributed by atoms with van der Waals surface area (Å²) in [5, 5.41) is 6.43. The Labute approximate surface area is 122 Å². The van der Waals surface area contributed by atoms with E-state index in [0.717, 1.165) is 37.0 Å². The highest BCUT2D eigenvalue weighted by Crippen LogP contribution is 2.15. The minimum absolute atomic E-state index is 0.533. The van der Waals surface area contributed by atoms with Crippen LogP contribution in [-0.2, 0) is 6.54 Å². The smallest absolute Gasteiger partial charge is 0.191 e. The molecule has 0 unspecified atom stereocenters. The predicted molar refractivity (Wildman–Crippen MR) is 85.3 cm³/mol. The summed E-state index contributed by atoms with van der Waals surface area (Å²) in [6, 6.07) is 8.13. The third-order valence-electron chi connectivity index (χ3n) is 2.59. The monoisotopic (exact) mass is 277 g/mol. The molecule has 0 radical (unpaired) electrons. The van der Waals surface area contributed by atoms with Crippen LogP contribution in [0.25, 0.3) is 0 Å². The summed E-state index contributed by atoms with van der Waals surface area (Å²) >= 11 is 0. The van der Waals surface area contributed by atoms with Crippen LogP contribution in [0, 0.1) is 5.92 Å². The van der Waals surface area contributed by atoms with Crippen molar-refractivity contribution >= 4 is 5.96 Å². The molecule has 0 aliphatic carbocycles. The number of ether oxygens (including phenoxy) is 1. The Morgan fingerprint density at radius 1 is 1.20 bits per heavy atom. The number of guanidine groups is 1. The number of aliphatic imine (C=N–C) groups is 1. The van der Waals surface area contributed by atoms with Gasteiger partial charge in [0.15, 0.2) is 5.96 Å². The zero-order valence-corrected chi connectivity index (χ0v) is 13.1. The normalized spacial score (nSPS) is 10.2. The molecule has 0 aromatic heterocycles. The largest absolute Gasteiger partial charge is 0.493 e. The summed E-state index contributed by atoms with van der Waals surface area (Å²) in [5.41, 5.74) is 1.15. The Hall–Kier alpha value is -1.71. The van der Waals surface area contributed by atoms with Crippen LogP contribution in [0.2, 0.25) is 0 Å². The number of hydrogen-bond acceptors (Lipinski definition) is 2. The molecule has 0 amide bonds. The van der Waals surface area contributed by atoms with E-state index in [9.17, 15) is 0 Å². The molecule has 0 bridgehead atoms. The van der Waals surface area contributed by atoms with E-state index in [-0.39, 0.29) is 0 Å². The molecule has 0 fully saturated rings. The van der Waals surface area contributed by atoms with Crippen LogP contribution >= 0.6 is 0 Å². The molecule has 0 aliphatic heterocycles. The first-order chi connectivity index (χ1) is 9.65. The Morgan fingerprint density at radius 3 is 2.50 bits per heavy atom. The standard InChI is InChI=1S/C16H27N3O/c1-5-17-16(18-6-2)19-11-14-8-7-9-15(10-14)20-12-13(3)4/h7-10,13H,5-6,11-12H2,1-4H3,(H2,17,18,19). The number of rotatable bonds is 7. The van der Waals surface area contributed by atoms with Gasteiger partial charge in [-0.05, 0) is 37.5 Å². The molecule has 0 spiro atoms. The molecule has 0 heterocycles. The average molecular weight is 277 g/mol. The van der Waals surface area contributed by atoms with Crippen molar-refractivity contribution in [3.8, 4) is 5.75 Å². The predicted octanol–water partition coefficient (Wildman–Crippen LogP) is 2.80. The lowest BCUT2D eigenvalue weighted by molar-refractivity contribution is 0.271. The van der Waals surface area contributed by atoms with Crippen LogP contribution in [0.5, 0.6) is 5.75 Å². The van der Waals surface area contributed by atoms with Gasteiger partial charge in [-0.2, -0.15) is 0 Å². The molecule has 0 aliphatic rings. The van der Waals surface area contributed by atoms with Crippen molar-refractivity contribution < 1.29 is 4.74 Å². The fourth-order valence-electron chi connectivity index (χ4n) is 1.68. The Balaban J connectivity index is 2.62. The SMILES string of the molecule is CCNC(=NCc1cccc(OCC(C)C)c1)NCC. The summed E-state index contributed by atoms with van der Waals surface area (Å²) in [4.78, 5) is 4.55. The van der Waals surface area contributed by atoms with Gasteiger partial charge < -0.3 is 15.4 Å². The quantitative estimate of drug-likeness (QED) is 0.595. The minimum atomic E-state index is 0.533. The van der Waals surface area contributed by atoms with Crippen molar-refractivity contribution in [1.29, 1.82) is 0 Å². The third-order valence-corrected chi connectivity index (χ3v) is 2.59. The van der Waals surface area contributed by atoms with Crippen molar-refractivity contribution in [1.82, 2.24) is 10.6 Å². The van der Waals surface area contributed by atoms with E-state index >= 15 is 0 Å². The van der Waals surface area contributed by atoms with Crippen molar-refractivity contribution in [3.63, 3.8) is 0 Å². The molecular weight excluding hydrogens is 250 g/mol. The topological polar surface area (TPSA) is 45.7 Å². The van der Waals surface area contributed by atoms with Crippen molar-refractivity contribution in [3.05, 3.63) is 29.8 Å². The highest BCUT2D eigenvalue weighted by molar-refractivity contribution is 5.79. The number of hydrogen-bond donors (Lipinski definition) is 2. The zero-order valence-electron chi connectivity index (χ0n) is 13.1. The van der Waals surface area contributed by atoms with Crippen LogP contribution in [0.4, 0.5) is 0 Å². The zero-order chi connectivity index (χ0) is 14.8. The Morgan fingerprint density at radius 2 is 1.90 bits per heavy atom. The fourth-order valence-corrected chi connectivity index (χ4v) is 1.68. The summed E-state index contributed by atoms with van der Waals surface area (Å²) in [6.07, 6.45) is 0. The fraction of sp³-hybridized carbons (Fsp3) is 0.562. The van der Waals surface area contributed by atoms with Crippen molar-refractivity contribution in [2.75, 3.05) is 19.7 Å². The lowest BCUT2D eigenvalue weighted by atomic mass is 10.2. The minimum Gasteiger partial charge on any atom is -0.493 e. The molecule has 2 N–H and O–H groups in total. The van der Waals surface area contributed by atoms with Gasteiger partial charge in [0.1, 0.15) is 5.75 Å². The molecule has 20 heavy (non-hydrogen) atoms. The van der Waals surface area contributed by atoms with E-state index < -0.39 is 0 Å². The van der Waals surface area contributed by atoms with Crippen LogP contribution in [0.3, 0.4) is 0 Å². The molecule has 1 aromatic carbocycles. The summed E-state index contributed by atoms with van der Waals surface area (Å²) < 4.78 is 5.73. The highest BCUT2D eigenvalue weighted by atomic mass is 16.5. The Bertz CT molecular complexity index is 408. The second-order valence-electron chi connectivity index (χ2n) is 5.08. The first-order valence-electron chi connectivity index (χ1n) is 7.39. The van der Waals surface area contributed by atoms with E-state index in [1.807, 2.05) is 12.1 Å². The third kappa shape index (κ3) is 6.45. The van der Waals surface area contributed by atoms with Gasteiger partial charge in [-0.15, -0.1) is 0 Å². The maximum absolute atomic E-state index is 5.73. The second-order valence-corrected chi connectivity index (χ2v) is 5.08. The van der Waals surface area contributed by atoms with Crippen LogP contribution in [0.1, 0.15) is 33.3 Å². The van der Waals surface area contributed by atoms with Crippen LogP contribution < -0.4 is 15.4 Å². The lowest BCUT2D eigenvalue weighted by Gasteiger charge is -2.11. The highest BCUT2D eigenvalue weighted by Gasteiger charge is 2.00.